The van der Waals surface area contributed by atoms with E-state index in [0.717, 1.165) is 24.7 Å². The van der Waals surface area contributed by atoms with Gasteiger partial charge in [-0.3, -0.25) is 4.90 Å². The fourth-order valence-electron chi connectivity index (χ4n) is 3.18. The molecule has 0 saturated carbocycles. The normalized spacial score (nSPS) is 24.7. The van der Waals surface area contributed by atoms with Gasteiger partial charge in [-0.1, -0.05) is 6.42 Å². The lowest BCUT2D eigenvalue weighted by Gasteiger charge is -2.40. The zero-order valence-electron chi connectivity index (χ0n) is 12.5. The van der Waals surface area contributed by atoms with Gasteiger partial charge in [0, 0.05) is 32.2 Å². The van der Waals surface area contributed by atoms with Crippen molar-refractivity contribution in [2.75, 3.05) is 13.7 Å². The van der Waals surface area contributed by atoms with E-state index in [-0.39, 0.29) is 0 Å². The minimum atomic E-state index is 0.480. The molecule has 0 amide bonds. The van der Waals surface area contributed by atoms with Crippen molar-refractivity contribution >= 4 is 0 Å². The Hall–Kier alpha value is -1.07. The molecular weight excluding hydrogens is 240 g/mol. The Kier molecular flexibility index (Phi) is 4.47. The van der Waals surface area contributed by atoms with Crippen LogP contribution in [0.1, 0.15) is 37.4 Å². The number of rotatable bonds is 4. The number of hydrogen-bond acceptors (Lipinski definition) is 4. The molecule has 1 aliphatic rings. The maximum atomic E-state index is 5.93. The molecule has 2 atom stereocenters. The highest BCUT2D eigenvalue weighted by molar-refractivity contribution is 5.31. The Morgan fingerprint density at radius 1 is 1.42 bits per heavy atom. The lowest BCUT2D eigenvalue weighted by atomic mass is 9.95. The second-order valence-electron chi connectivity index (χ2n) is 5.54. The number of nitrogens with two attached hydrogens (primary N) is 1. The molecule has 108 valence electrons. The van der Waals surface area contributed by atoms with Gasteiger partial charge >= 0.3 is 0 Å². The lowest BCUT2D eigenvalue weighted by Crippen LogP contribution is -2.48. The van der Waals surface area contributed by atoms with Crippen molar-refractivity contribution in [3.63, 3.8) is 0 Å². The second-order valence-corrected chi connectivity index (χ2v) is 5.54. The third-order valence-corrected chi connectivity index (χ3v) is 4.29. The zero-order valence-corrected chi connectivity index (χ0v) is 12.5. The van der Waals surface area contributed by atoms with E-state index in [9.17, 15) is 0 Å². The molecule has 1 saturated heterocycles. The fourth-order valence-corrected chi connectivity index (χ4v) is 3.18. The molecule has 2 N–H and O–H groups in total. The van der Waals surface area contributed by atoms with Crippen LogP contribution in [0.15, 0.2) is 0 Å². The first-order valence-corrected chi connectivity index (χ1v) is 7.10. The molecule has 2 unspecified atom stereocenters. The number of aryl methyl sites for hydroxylation is 2. The summed E-state index contributed by atoms with van der Waals surface area (Å²) in [7, 11) is 3.63. The smallest absolute Gasteiger partial charge is 0.216 e. The van der Waals surface area contributed by atoms with Gasteiger partial charge in [0.2, 0.25) is 5.88 Å². The molecule has 0 spiro atoms. The summed E-state index contributed by atoms with van der Waals surface area (Å²) in [6, 6.07) is 1.06. The highest BCUT2D eigenvalue weighted by Gasteiger charge is 2.29. The standard InChI is InChI=1S/C14H26N4O/c1-10-6-5-7-12(8-15)18(10)9-13-11(2)16-17(3)14(13)19-4/h10,12H,5-9,15H2,1-4H3. The van der Waals surface area contributed by atoms with Gasteiger partial charge in [0.15, 0.2) is 0 Å². The highest BCUT2D eigenvalue weighted by Crippen LogP contribution is 2.29. The van der Waals surface area contributed by atoms with Crippen molar-refractivity contribution < 1.29 is 4.74 Å². The maximum Gasteiger partial charge on any atom is 0.216 e. The van der Waals surface area contributed by atoms with E-state index >= 15 is 0 Å². The van der Waals surface area contributed by atoms with E-state index in [1.807, 2.05) is 18.7 Å². The number of likely N-dealkylation sites (tertiary alicyclic amines) is 1. The van der Waals surface area contributed by atoms with Gasteiger partial charge in [-0.2, -0.15) is 5.10 Å². The molecule has 2 rings (SSSR count). The van der Waals surface area contributed by atoms with Crippen molar-refractivity contribution in [1.29, 1.82) is 0 Å². The average Bonchev–Trinajstić information content (AvgIpc) is 2.66. The van der Waals surface area contributed by atoms with Crippen LogP contribution in [0.25, 0.3) is 0 Å². The Bertz CT molecular complexity index is 429. The van der Waals surface area contributed by atoms with Gasteiger partial charge in [-0.25, -0.2) is 4.68 Å². The van der Waals surface area contributed by atoms with Gasteiger partial charge in [-0.15, -0.1) is 0 Å². The first kappa shape index (κ1) is 14.3. The summed E-state index contributed by atoms with van der Waals surface area (Å²) >= 11 is 0. The Morgan fingerprint density at radius 2 is 2.16 bits per heavy atom. The molecule has 1 aliphatic heterocycles. The van der Waals surface area contributed by atoms with Gasteiger partial charge in [0.1, 0.15) is 0 Å². The summed E-state index contributed by atoms with van der Waals surface area (Å²) in [5.41, 5.74) is 8.17. The van der Waals surface area contributed by atoms with Crippen molar-refractivity contribution in [2.45, 2.75) is 51.7 Å². The lowest BCUT2D eigenvalue weighted by molar-refractivity contribution is 0.0880. The molecule has 2 heterocycles. The van der Waals surface area contributed by atoms with Crippen LogP contribution in [-0.4, -0.2) is 40.4 Å². The van der Waals surface area contributed by atoms with Crippen molar-refractivity contribution in [3.05, 3.63) is 11.3 Å². The molecule has 1 aromatic heterocycles. The molecule has 0 aliphatic carbocycles. The van der Waals surface area contributed by atoms with Crippen molar-refractivity contribution in [2.24, 2.45) is 12.8 Å². The third-order valence-electron chi connectivity index (χ3n) is 4.29. The molecule has 0 aromatic carbocycles. The molecule has 19 heavy (non-hydrogen) atoms. The minimum Gasteiger partial charge on any atom is -0.481 e. The Labute approximate surface area is 115 Å². The van der Waals surface area contributed by atoms with E-state index in [0.29, 0.717) is 12.1 Å². The van der Waals surface area contributed by atoms with Crippen LogP contribution in [-0.2, 0) is 13.6 Å². The fraction of sp³-hybridized carbons (Fsp3) is 0.786. The number of nitrogens with zero attached hydrogens (tertiary/aromatic N) is 3. The van der Waals surface area contributed by atoms with Crippen LogP contribution in [0, 0.1) is 6.92 Å². The van der Waals surface area contributed by atoms with Crippen LogP contribution >= 0.6 is 0 Å². The summed E-state index contributed by atoms with van der Waals surface area (Å²) in [4.78, 5) is 2.51. The van der Waals surface area contributed by atoms with Crippen LogP contribution < -0.4 is 10.5 Å². The number of aromatic nitrogens is 2. The predicted molar refractivity (Wildman–Crippen MR) is 76.2 cm³/mol. The Morgan fingerprint density at radius 3 is 2.79 bits per heavy atom. The first-order chi connectivity index (χ1) is 9.08. The van der Waals surface area contributed by atoms with Crippen LogP contribution in [0.4, 0.5) is 0 Å². The minimum absolute atomic E-state index is 0.480. The quantitative estimate of drug-likeness (QED) is 0.896. The molecule has 5 nitrogen and oxygen atoms in total. The van der Waals surface area contributed by atoms with Crippen molar-refractivity contribution in [3.8, 4) is 5.88 Å². The summed E-state index contributed by atoms with van der Waals surface area (Å²) < 4.78 is 7.30. The second kappa shape index (κ2) is 5.92. The molecule has 1 aromatic rings. The summed E-state index contributed by atoms with van der Waals surface area (Å²) in [5.74, 6) is 0.867. The van der Waals surface area contributed by atoms with Crippen molar-refractivity contribution in [1.82, 2.24) is 14.7 Å². The van der Waals surface area contributed by atoms with E-state index in [1.54, 1.807) is 7.11 Å². The maximum absolute atomic E-state index is 5.93. The topological polar surface area (TPSA) is 56.3 Å². The third kappa shape index (κ3) is 2.77. The van der Waals surface area contributed by atoms with Gasteiger partial charge in [0.25, 0.3) is 0 Å². The summed E-state index contributed by atoms with van der Waals surface area (Å²) in [6.45, 7) is 5.95. The van der Waals surface area contributed by atoms with Gasteiger partial charge < -0.3 is 10.5 Å². The molecule has 0 bridgehead atoms. The largest absolute Gasteiger partial charge is 0.481 e. The molecule has 5 heteroatoms. The number of piperidine rings is 1. The number of hydrogen-bond donors (Lipinski definition) is 1. The molecule has 1 fully saturated rings. The Balaban J connectivity index is 2.23. The molecule has 0 radical (unpaired) electrons. The van der Waals surface area contributed by atoms with Crippen LogP contribution in [0.2, 0.25) is 0 Å². The monoisotopic (exact) mass is 266 g/mol. The van der Waals surface area contributed by atoms with E-state index in [2.05, 4.69) is 16.9 Å². The number of ether oxygens (including phenoxy) is 1. The van der Waals surface area contributed by atoms with Gasteiger partial charge in [-0.05, 0) is 26.7 Å². The number of methoxy groups -OCH3 is 1. The van der Waals surface area contributed by atoms with Crippen LogP contribution in [0.3, 0.4) is 0 Å². The highest BCUT2D eigenvalue weighted by atomic mass is 16.5. The van der Waals surface area contributed by atoms with Gasteiger partial charge in [0.05, 0.1) is 18.4 Å². The van der Waals surface area contributed by atoms with Crippen LogP contribution in [0.5, 0.6) is 5.88 Å². The average molecular weight is 266 g/mol. The van der Waals surface area contributed by atoms with E-state index < -0.39 is 0 Å². The predicted octanol–water partition coefficient (Wildman–Crippen LogP) is 1.44. The summed E-state index contributed by atoms with van der Waals surface area (Å²) in [6.07, 6.45) is 3.73. The zero-order chi connectivity index (χ0) is 14.0. The van der Waals surface area contributed by atoms with E-state index in [1.165, 1.54) is 24.8 Å². The SMILES string of the molecule is COc1c(CN2C(C)CCCC2CN)c(C)nn1C. The van der Waals surface area contributed by atoms with E-state index in [4.69, 9.17) is 10.5 Å². The summed E-state index contributed by atoms with van der Waals surface area (Å²) in [5, 5.41) is 4.46. The first-order valence-electron chi connectivity index (χ1n) is 7.10. The molecular formula is C14H26N4O.